The molecule has 0 fully saturated rings. The minimum atomic E-state index is -1.30. The Balaban J connectivity index is 1.93. The summed E-state index contributed by atoms with van der Waals surface area (Å²) in [7, 11) is 2.27. The van der Waals surface area contributed by atoms with Crippen LogP contribution < -0.4 is 5.32 Å². The Kier molecular flexibility index (Phi) is 6.28. The first kappa shape index (κ1) is 21.2. The van der Waals surface area contributed by atoms with Crippen LogP contribution in [-0.4, -0.2) is 59.6 Å². The van der Waals surface area contributed by atoms with Crippen LogP contribution in [0.1, 0.15) is 29.4 Å². The maximum atomic E-state index is 14.6. The summed E-state index contributed by atoms with van der Waals surface area (Å²) < 4.78 is 37.2. The number of benzene rings is 1. The number of ether oxygens (including phenoxy) is 2. The predicted molar refractivity (Wildman–Crippen MR) is 98.2 cm³/mol. The largest absolute Gasteiger partial charge is 0.469 e. The highest BCUT2D eigenvalue weighted by atomic mass is 19.1. The normalized spacial score (nSPS) is 16.4. The van der Waals surface area contributed by atoms with E-state index in [0.717, 1.165) is 26.4 Å². The molecule has 0 spiro atoms. The molecule has 9 nitrogen and oxygen atoms in total. The third-order valence-electron chi connectivity index (χ3n) is 4.82. The number of methoxy groups -OCH3 is 2. The van der Waals surface area contributed by atoms with Crippen molar-refractivity contribution in [3.05, 3.63) is 53.1 Å². The summed E-state index contributed by atoms with van der Waals surface area (Å²) >= 11 is 0. The van der Waals surface area contributed by atoms with Gasteiger partial charge in [-0.1, -0.05) is 6.07 Å². The topological polar surface area (TPSA) is 114 Å². The molecule has 0 radical (unpaired) electrons. The van der Waals surface area contributed by atoms with Crippen LogP contribution >= 0.6 is 0 Å². The van der Waals surface area contributed by atoms with E-state index in [4.69, 9.17) is 0 Å². The zero-order valence-electron chi connectivity index (χ0n) is 16.3. The van der Waals surface area contributed by atoms with Crippen LogP contribution in [-0.2, 0) is 25.5 Å². The molecular weight excluding hydrogens is 402 g/mol. The molecule has 2 heterocycles. The summed E-state index contributed by atoms with van der Waals surface area (Å²) in [6.45, 7) is 0.161. The van der Waals surface area contributed by atoms with Crippen molar-refractivity contribution in [2.45, 2.75) is 24.9 Å². The fourth-order valence-corrected chi connectivity index (χ4v) is 3.35. The molecule has 2 unspecified atom stereocenters. The fourth-order valence-electron chi connectivity index (χ4n) is 3.35. The first-order chi connectivity index (χ1) is 14.3. The highest BCUT2D eigenvalue weighted by Gasteiger charge is 2.37. The molecule has 160 valence electrons. The van der Waals surface area contributed by atoms with Crippen LogP contribution in [0.15, 0.2) is 24.5 Å². The Bertz CT molecular complexity index is 964. The van der Waals surface area contributed by atoms with E-state index in [-0.39, 0.29) is 12.1 Å². The Morgan fingerprint density at radius 1 is 1.30 bits per heavy atom. The Hall–Kier alpha value is -3.50. The van der Waals surface area contributed by atoms with Crippen molar-refractivity contribution in [2.24, 2.45) is 0 Å². The van der Waals surface area contributed by atoms with Gasteiger partial charge in [0, 0.05) is 30.3 Å². The number of nitrogens with zero attached hydrogens (tertiary/aromatic N) is 2. The number of esters is 2. The molecule has 11 heteroatoms. The maximum absolute atomic E-state index is 14.6. The molecule has 3 rings (SSSR count). The number of H-pyrrole nitrogens is 1. The van der Waals surface area contributed by atoms with Gasteiger partial charge in [-0.25, -0.2) is 23.4 Å². The van der Waals surface area contributed by atoms with Crippen LogP contribution in [0.5, 0.6) is 0 Å². The predicted octanol–water partition coefficient (Wildman–Crippen LogP) is 1.45. The minimum Gasteiger partial charge on any atom is -0.469 e. The summed E-state index contributed by atoms with van der Waals surface area (Å²) in [5.74, 6) is -3.15. The average molecular weight is 422 g/mol. The molecule has 2 amide bonds. The number of aromatic nitrogens is 2. The second-order valence-corrected chi connectivity index (χ2v) is 6.58. The van der Waals surface area contributed by atoms with Crippen LogP contribution in [0.4, 0.5) is 13.6 Å². The molecule has 30 heavy (non-hydrogen) atoms. The van der Waals surface area contributed by atoms with E-state index in [9.17, 15) is 23.2 Å². The summed E-state index contributed by atoms with van der Waals surface area (Å²) in [4.78, 5) is 45.0. The van der Waals surface area contributed by atoms with Gasteiger partial charge in [0.15, 0.2) is 0 Å². The summed E-state index contributed by atoms with van der Waals surface area (Å²) in [5, 5.41) is 2.43. The van der Waals surface area contributed by atoms with Gasteiger partial charge in [0.25, 0.3) is 0 Å². The molecule has 1 aliphatic heterocycles. The third kappa shape index (κ3) is 4.24. The fraction of sp³-hybridized carbons (Fsp3) is 0.368. The van der Waals surface area contributed by atoms with Crippen molar-refractivity contribution >= 4 is 18.0 Å². The number of hydrogen-bond donors (Lipinski definition) is 2. The lowest BCUT2D eigenvalue weighted by Gasteiger charge is -2.36. The van der Waals surface area contributed by atoms with Crippen molar-refractivity contribution in [3.63, 3.8) is 0 Å². The summed E-state index contributed by atoms with van der Waals surface area (Å²) in [6, 6.07) is 0.0547. The van der Waals surface area contributed by atoms with Gasteiger partial charge in [-0.3, -0.25) is 4.79 Å². The second kappa shape index (κ2) is 8.89. The van der Waals surface area contributed by atoms with E-state index in [2.05, 4.69) is 24.8 Å². The van der Waals surface area contributed by atoms with Gasteiger partial charge >= 0.3 is 18.0 Å². The molecule has 0 bridgehead atoms. The number of fused-ring (bicyclic) bond motifs is 1. The number of aromatic amines is 1. The van der Waals surface area contributed by atoms with Gasteiger partial charge in [-0.05, 0) is 6.07 Å². The van der Waals surface area contributed by atoms with Crippen molar-refractivity contribution in [2.75, 3.05) is 20.8 Å². The van der Waals surface area contributed by atoms with Crippen molar-refractivity contribution in [1.82, 2.24) is 20.2 Å². The Morgan fingerprint density at radius 2 is 2.07 bits per heavy atom. The number of hydrogen-bond acceptors (Lipinski definition) is 6. The van der Waals surface area contributed by atoms with E-state index < -0.39 is 48.1 Å². The van der Waals surface area contributed by atoms with E-state index in [1.165, 1.54) is 17.3 Å². The van der Waals surface area contributed by atoms with Gasteiger partial charge in [-0.15, -0.1) is 0 Å². The average Bonchev–Trinajstić information content (AvgIpc) is 3.21. The molecule has 2 N–H and O–H groups in total. The molecule has 1 aromatic carbocycles. The molecule has 0 saturated carbocycles. The maximum Gasteiger partial charge on any atom is 0.329 e. The Labute approximate surface area is 170 Å². The lowest BCUT2D eigenvalue weighted by molar-refractivity contribution is -0.149. The molecule has 0 saturated heterocycles. The van der Waals surface area contributed by atoms with Crippen LogP contribution in [0, 0.1) is 11.6 Å². The third-order valence-corrected chi connectivity index (χ3v) is 4.82. The van der Waals surface area contributed by atoms with Crippen LogP contribution in [0.2, 0.25) is 0 Å². The number of carbonyl (C=O) groups excluding carboxylic acids is 3. The number of rotatable bonds is 5. The first-order valence-corrected chi connectivity index (χ1v) is 9.04. The number of halogens is 2. The number of urea groups is 1. The zero-order valence-corrected chi connectivity index (χ0v) is 16.3. The summed E-state index contributed by atoms with van der Waals surface area (Å²) in [5.41, 5.74) is 1.17. The Morgan fingerprint density at radius 3 is 2.73 bits per heavy atom. The second-order valence-electron chi connectivity index (χ2n) is 6.58. The lowest BCUT2D eigenvalue weighted by Crippen LogP contribution is -2.52. The monoisotopic (exact) mass is 422 g/mol. The van der Waals surface area contributed by atoms with Gasteiger partial charge in [0.1, 0.15) is 23.7 Å². The molecule has 2 aromatic rings. The van der Waals surface area contributed by atoms with Crippen molar-refractivity contribution in [3.8, 4) is 0 Å². The number of carbonyl (C=O) groups is 3. The van der Waals surface area contributed by atoms with E-state index in [1.54, 1.807) is 0 Å². The number of nitrogens with one attached hydrogen (secondary N) is 2. The number of amides is 2. The quantitative estimate of drug-likeness (QED) is 0.705. The van der Waals surface area contributed by atoms with E-state index >= 15 is 0 Å². The molecule has 1 aliphatic rings. The first-order valence-electron chi connectivity index (χ1n) is 9.04. The van der Waals surface area contributed by atoms with E-state index in [1.807, 2.05) is 0 Å². The van der Waals surface area contributed by atoms with Gasteiger partial charge < -0.3 is 24.7 Å². The standard InChI is InChI=1S/C19H20F2N4O5/c1-29-15(26)8-14(18(27)30-2)24-19(28)25-6-5-13-16(23-9-22-13)17(25)11-4-3-10(20)7-12(11)21/h3-4,7,9,14,17H,5-6,8H2,1-2H3,(H,22,23)(H,24,28). The smallest absolute Gasteiger partial charge is 0.329 e. The number of imidazole rings is 1. The van der Waals surface area contributed by atoms with Gasteiger partial charge in [0.05, 0.1) is 32.7 Å². The minimum absolute atomic E-state index is 0.0437. The van der Waals surface area contributed by atoms with Crippen molar-refractivity contribution < 1.29 is 32.6 Å². The molecule has 2 atom stereocenters. The van der Waals surface area contributed by atoms with Gasteiger partial charge in [-0.2, -0.15) is 0 Å². The SMILES string of the molecule is COC(=O)CC(NC(=O)N1CCc2[nH]cnc2C1c1ccc(F)cc1F)C(=O)OC. The van der Waals surface area contributed by atoms with Crippen LogP contribution in [0.3, 0.4) is 0 Å². The van der Waals surface area contributed by atoms with E-state index in [0.29, 0.717) is 17.8 Å². The zero-order chi connectivity index (χ0) is 21.8. The summed E-state index contributed by atoms with van der Waals surface area (Å²) in [6.07, 6.45) is 1.39. The molecular formula is C19H20F2N4O5. The lowest BCUT2D eigenvalue weighted by atomic mass is 9.95. The highest BCUT2D eigenvalue weighted by Crippen LogP contribution is 2.34. The molecule has 0 aliphatic carbocycles. The van der Waals surface area contributed by atoms with Crippen molar-refractivity contribution in [1.29, 1.82) is 0 Å². The highest BCUT2D eigenvalue weighted by molar-refractivity contribution is 5.87. The van der Waals surface area contributed by atoms with Crippen LogP contribution in [0.25, 0.3) is 0 Å². The molecule has 1 aromatic heterocycles. The van der Waals surface area contributed by atoms with Gasteiger partial charge in [0.2, 0.25) is 0 Å².